The minimum atomic E-state index is -0.957. The van der Waals surface area contributed by atoms with Crippen molar-refractivity contribution < 1.29 is 9.84 Å². The van der Waals surface area contributed by atoms with Gasteiger partial charge >= 0.3 is 0 Å². The molecule has 58 valence electrons. The molecule has 2 fully saturated rings. The molecule has 3 heteroatoms. The van der Waals surface area contributed by atoms with Gasteiger partial charge in [0.25, 0.3) is 0 Å². The number of hydrogen-bond acceptors (Lipinski definition) is 2. The molecule has 0 bridgehead atoms. The summed E-state index contributed by atoms with van der Waals surface area (Å²) >= 11 is 3.52. The van der Waals surface area contributed by atoms with Gasteiger partial charge in [-0.1, -0.05) is 22.9 Å². The number of alkyl halides is 1. The summed E-state index contributed by atoms with van der Waals surface area (Å²) in [6, 6.07) is 0. The van der Waals surface area contributed by atoms with Crippen LogP contribution in [0.1, 0.15) is 20.3 Å². The molecule has 0 aromatic carbocycles. The van der Waals surface area contributed by atoms with E-state index >= 15 is 0 Å². The summed E-state index contributed by atoms with van der Waals surface area (Å²) < 4.78 is 5.06. The van der Waals surface area contributed by atoms with E-state index in [-0.39, 0.29) is 9.74 Å². The molecule has 1 aliphatic carbocycles. The lowest BCUT2D eigenvalue weighted by Gasteiger charge is -2.23. The maximum atomic E-state index is 9.66. The lowest BCUT2D eigenvalue weighted by Crippen LogP contribution is -2.36. The van der Waals surface area contributed by atoms with Gasteiger partial charge in [-0.3, -0.25) is 0 Å². The highest BCUT2D eigenvalue weighted by Gasteiger charge is 2.76. The summed E-state index contributed by atoms with van der Waals surface area (Å²) in [4.78, 5) is 0. The Balaban J connectivity index is 2.34. The molecule has 10 heavy (non-hydrogen) atoms. The van der Waals surface area contributed by atoms with E-state index < -0.39 is 5.79 Å². The van der Waals surface area contributed by atoms with E-state index in [1.165, 1.54) is 0 Å². The summed E-state index contributed by atoms with van der Waals surface area (Å²) in [5, 5.41) is 9.66. The zero-order valence-corrected chi connectivity index (χ0v) is 7.73. The van der Waals surface area contributed by atoms with Gasteiger partial charge in [-0.25, -0.2) is 0 Å². The fraction of sp³-hybridized carbons (Fsp3) is 1.00. The smallest absolute Gasteiger partial charge is 0.178 e. The minimum absolute atomic E-state index is 0.160. The Morgan fingerprint density at radius 2 is 2.10 bits per heavy atom. The Morgan fingerprint density at radius 1 is 1.50 bits per heavy atom. The Hall–Kier alpha value is 0.400. The fourth-order valence-electron chi connectivity index (χ4n) is 1.80. The van der Waals surface area contributed by atoms with Gasteiger partial charge in [0.15, 0.2) is 5.79 Å². The van der Waals surface area contributed by atoms with Gasteiger partial charge in [-0.2, -0.15) is 0 Å². The predicted molar refractivity (Wildman–Crippen MR) is 41.0 cm³/mol. The highest BCUT2D eigenvalue weighted by molar-refractivity contribution is 9.10. The van der Waals surface area contributed by atoms with Crippen LogP contribution in [0.5, 0.6) is 0 Å². The Kier molecular flexibility index (Phi) is 1.02. The van der Waals surface area contributed by atoms with E-state index in [0.717, 1.165) is 6.42 Å². The van der Waals surface area contributed by atoms with E-state index in [1.807, 2.05) is 0 Å². The average Bonchev–Trinajstić information content (AvgIpc) is 2.29. The van der Waals surface area contributed by atoms with Crippen molar-refractivity contribution in [2.75, 3.05) is 6.61 Å². The van der Waals surface area contributed by atoms with Crippen molar-refractivity contribution in [2.24, 2.45) is 5.41 Å². The van der Waals surface area contributed by atoms with Crippen LogP contribution >= 0.6 is 15.9 Å². The maximum Gasteiger partial charge on any atom is 0.178 e. The van der Waals surface area contributed by atoms with Crippen LogP contribution in [0, 0.1) is 5.41 Å². The Labute approximate surface area is 68.7 Å². The number of halogens is 1. The molecular formula is C7H11BrO2. The third kappa shape index (κ3) is 0.532. The molecule has 2 rings (SSSR count). The first-order valence-electron chi connectivity index (χ1n) is 3.47. The normalized spacial score (nSPS) is 66.0. The summed E-state index contributed by atoms with van der Waals surface area (Å²) in [5.74, 6) is -0.957. The van der Waals surface area contributed by atoms with Crippen molar-refractivity contribution in [3.63, 3.8) is 0 Å². The average molecular weight is 207 g/mol. The van der Waals surface area contributed by atoms with Crippen molar-refractivity contribution in [2.45, 2.75) is 30.4 Å². The monoisotopic (exact) mass is 206 g/mol. The van der Waals surface area contributed by atoms with Gasteiger partial charge in [0, 0.05) is 5.41 Å². The number of ether oxygens (including phenoxy) is 1. The van der Waals surface area contributed by atoms with Gasteiger partial charge in [0.2, 0.25) is 0 Å². The van der Waals surface area contributed by atoms with Crippen molar-refractivity contribution >= 4 is 15.9 Å². The molecule has 2 nitrogen and oxygen atoms in total. The molecule has 1 saturated heterocycles. The molecule has 0 aromatic rings. The van der Waals surface area contributed by atoms with Gasteiger partial charge < -0.3 is 9.84 Å². The molecule has 1 saturated carbocycles. The molecular weight excluding hydrogens is 196 g/mol. The summed E-state index contributed by atoms with van der Waals surface area (Å²) in [6.45, 7) is 4.52. The third-order valence-corrected chi connectivity index (χ3v) is 4.85. The van der Waals surface area contributed by atoms with Gasteiger partial charge in [0.05, 0.1) is 10.9 Å². The summed E-state index contributed by atoms with van der Waals surface area (Å²) in [5.41, 5.74) is 0.177. The van der Waals surface area contributed by atoms with Crippen LogP contribution in [-0.2, 0) is 4.74 Å². The van der Waals surface area contributed by atoms with Crippen LogP contribution in [-0.4, -0.2) is 21.8 Å². The quantitative estimate of drug-likeness (QED) is 0.606. The van der Waals surface area contributed by atoms with Crippen molar-refractivity contribution in [3.8, 4) is 0 Å². The second kappa shape index (κ2) is 1.45. The number of aliphatic hydroxyl groups is 1. The fourth-order valence-corrected chi connectivity index (χ4v) is 2.64. The predicted octanol–water partition coefficient (Wildman–Crippen LogP) is 1.27. The highest BCUT2D eigenvalue weighted by atomic mass is 79.9. The van der Waals surface area contributed by atoms with E-state index in [1.54, 1.807) is 6.92 Å². The zero-order valence-electron chi connectivity index (χ0n) is 6.15. The highest BCUT2D eigenvalue weighted by Crippen LogP contribution is 2.71. The number of rotatable bonds is 0. The molecule has 1 heterocycles. The van der Waals surface area contributed by atoms with Gasteiger partial charge in [0.1, 0.15) is 0 Å². The zero-order chi connectivity index (χ0) is 7.62. The maximum absolute atomic E-state index is 9.66. The van der Waals surface area contributed by atoms with Crippen LogP contribution in [0.15, 0.2) is 0 Å². The molecule has 1 N–H and O–H groups in total. The first-order valence-corrected chi connectivity index (χ1v) is 4.26. The molecule has 2 aliphatic rings. The summed E-state index contributed by atoms with van der Waals surface area (Å²) in [7, 11) is 0. The van der Waals surface area contributed by atoms with Crippen molar-refractivity contribution in [1.82, 2.24) is 0 Å². The van der Waals surface area contributed by atoms with Crippen molar-refractivity contribution in [1.29, 1.82) is 0 Å². The molecule has 3 unspecified atom stereocenters. The minimum Gasteiger partial charge on any atom is -0.365 e. The van der Waals surface area contributed by atoms with Crippen LogP contribution < -0.4 is 0 Å². The van der Waals surface area contributed by atoms with Gasteiger partial charge in [-0.15, -0.1) is 0 Å². The Morgan fingerprint density at radius 3 is 2.20 bits per heavy atom. The Bertz CT molecular complexity index is 188. The SMILES string of the molecule is CC12COC(C)(O)C1(Br)C2. The van der Waals surface area contributed by atoms with Crippen LogP contribution in [0.25, 0.3) is 0 Å². The first kappa shape index (κ1) is 7.07. The molecule has 1 aliphatic heterocycles. The molecule has 0 amide bonds. The molecule has 0 spiro atoms. The molecule has 0 aromatic heterocycles. The lowest BCUT2D eigenvalue weighted by molar-refractivity contribution is -0.169. The second-order valence-electron chi connectivity index (χ2n) is 3.81. The largest absolute Gasteiger partial charge is 0.365 e. The van der Waals surface area contributed by atoms with Gasteiger partial charge in [-0.05, 0) is 13.3 Å². The number of hydrogen-bond donors (Lipinski definition) is 1. The van der Waals surface area contributed by atoms with E-state index in [4.69, 9.17) is 4.74 Å². The third-order valence-electron chi connectivity index (χ3n) is 2.87. The lowest BCUT2D eigenvalue weighted by atomic mass is 10.1. The second-order valence-corrected chi connectivity index (χ2v) is 5.16. The van der Waals surface area contributed by atoms with Crippen LogP contribution in [0.2, 0.25) is 0 Å². The molecule has 0 radical (unpaired) electrons. The van der Waals surface area contributed by atoms with Crippen LogP contribution in [0.4, 0.5) is 0 Å². The van der Waals surface area contributed by atoms with E-state index in [0.29, 0.717) is 6.61 Å². The van der Waals surface area contributed by atoms with E-state index in [2.05, 4.69) is 22.9 Å². The first-order chi connectivity index (χ1) is 4.41. The standard InChI is InChI=1S/C7H11BrO2/c1-5-3-7(5,8)6(2,9)10-4-5/h9H,3-4H2,1-2H3. The molecule has 3 atom stereocenters. The van der Waals surface area contributed by atoms with Crippen molar-refractivity contribution in [3.05, 3.63) is 0 Å². The topological polar surface area (TPSA) is 29.5 Å². The number of fused-ring (bicyclic) bond motifs is 1. The summed E-state index contributed by atoms with van der Waals surface area (Å²) in [6.07, 6.45) is 1.02. The van der Waals surface area contributed by atoms with Crippen LogP contribution in [0.3, 0.4) is 0 Å². The van der Waals surface area contributed by atoms with E-state index in [9.17, 15) is 5.11 Å².